The highest BCUT2D eigenvalue weighted by Gasteiger charge is 2.25. The number of likely N-dealkylation sites (tertiary alicyclic amines) is 1. The van der Waals surface area contributed by atoms with E-state index < -0.39 is 0 Å². The van der Waals surface area contributed by atoms with Crippen molar-refractivity contribution in [1.29, 1.82) is 0 Å². The first-order valence-corrected chi connectivity index (χ1v) is 19.1. The standard InChI is InChI=1S/C20H21Cl2NO2.C20H27Cl2NO2/c1-24-20-18(22)11-16(21)12-19(20)25-17-9-5-6-10-23(14-17)13-15-7-3-2-4-8-15;1-24-20-18(22)12-16(21)13-19(20)25-11-9-17-8-5-10-23(17)14-15-6-3-2-4-7-15/h5-7,9-12,14H,2-4,8,13H2,1H3;6,12-13,17H,2-5,7-11,14H2,1H3. The lowest BCUT2D eigenvalue weighted by Crippen LogP contribution is -2.32. The first-order chi connectivity index (χ1) is 24.3. The normalized spacial score (nSPS) is 19.1. The molecule has 1 saturated heterocycles. The zero-order valence-corrected chi connectivity index (χ0v) is 32.1. The van der Waals surface area contributed by atoms with Crippen LogP contribution in [0.3, 0.4) is 0 Å². The largest absolute Gasteiger partial charge is 0.491 e. The molecule has 2 aromatic carbocycles. The SMILES string of the molecule is COc1c(Cl)cc(Cl)cc1OC1=CN(CC2=CCCCC2)C=CC=C1.COc1c(Cl)cc(Cl)cc1OCCC1CCCN1CC1=CCCCC1. The fourth-order valence-electron chi connectivity index (χ4n) is 6.83. The highest BCUT2D eigenvalue weighted by Crippen LogP contribution is 2.40. The van der Waals surface area contributed by atoms with E-state index in [-0.39, 0.29) is 0 Å². The molecule has 4 aliphatic rings. The Balaban J connectivity index is 0.000000194. The summed E-state index contributed by atoms with van der Waals surface area (Å²) in [7, 11) is 3.15. The van der Waals surface area contributed by atoms with Crippen LogP contribution in [-0.2, 0) is 0 Å². The van der Waals surface area contributed by atoms with Gasteiger partial charge in [-0.1, -0.05) is 75.8 Å². The van der Waals surface area contributed by atoms with E-state index in [4.69, 9.17) is 65.4 Å². The quantitative estimate of drug-likeness (QED) is 0.201. The third-order valence-corrected chi connectivity index (χ3v) is 10.3. The average Bonchev–Trinajstić information content (AvgIpc) is 3.41. The first kappa shape index (κ1) is 38.5. The molecule has 1 unspecified atom stereocenters. The highest BCUT2D eigenvalue weighted by molar-refractivity contribution is 6.36. The number of nitrogens with zero attached hydrogens (tertiary/aromatic N) is 2. The summed E-state index contributed by atoms with van der Waals surface area (Å²) in [5.41, 5.74) is 3.10. The van der Waals surface area contributed by atoms with Crippen molar-refractivity contribution in [2.45, 2.75) is 76.7 Å². The van der Waals surface area contributed by atoms with Crippen LogP contribution in [0, 0.1) is 0 Å². The third-order valence-electron chi connectivity index (χ3n) is 9.30. The number of hydrogen-bond donors (Lipinski definition) is 0. The van der Waals surface area contributed by atoms with E-state index in [1.165, 1.54) is 76.3 Å². The maximum atomic E-state index is 6.19. The van der Waals surface area contributed by atoms with Crippen LogP contribution in [0.5, 0.6) is 23.0 Å². The van der Waals surface area contributed by atoms with Gasteiger partial charge >= 0.3 is 0 Å². The van der Waals surface area contributed by atoms with E-state index in [1.807, 2.05) is 30.6 Å². The lowest BCUT2D eigenvalue weighted by molar-refractivity contribution is 0.210. The van der Waals surface area contributed by atoms with Gasteiger partial charge in [0.1, 0.15) is 5.76 Å². The molecule has 6 rings (SSSR count). The molecule has 0 aromatic heterocycles. The van der Waals surface area contributed by atoms with Gasteiger partial charge in [0.25, 0.3) is 0 Å². The van der Waals surface area contributed by atoms with E-state index in [1.54, 1.807) is 44.1 Å². The maximum absolute atomic E-state index is 6.19. The Morgan fingerprint density at radius 3 is 2.02 bits per heavy atom. The van der Waals surface area contributed by atoms with Crippen molar-refractivity contribution in [2.75, 3.05) is 40.5 Å². The summed E-state index contributed by atoms with van der Waals surface area (Å²) in [4.78, 5) is 4.76. The number of hydrogen-bond acceptors (Lipinski definition) is 6. The van der Waals surface area contributed by atoms with Crippen molar-refractivity contribution in [3.05, 3.63) is 104 Å². The van der Waals surface area contributed by atoms with Crippen molar-refractivity contribution in [1.82, 2.24) is 9.80 Å². The van der Waals surface area contributed by atoms with Crippen LogP contribution in [0.2, 0.25) is 20.1 Å². The van der Waals surface area contributed by atoms with Crippen molar-refractivity contribution in [2.24, 2.45) is 0 Å². The second kappa shape index (κ2) is 19.8. The van der Waals surface area contributed by atoms with Crippen LogP contribution < -0.4 is 18.9 Å². The molecule has 2 heterocycles. The molecule has 1 fully saturated rings. The Morgan fingerprint density at radius 2 is 1.38 bits per heavy atom. The Labute approximate surface area is 317 Å². The average molecular weight is 763 g/mol. The molecule has 0 amide bonds. The van der Waals surface area contributed by atoms with Crippen molar-refractivity contribution in [3.63, 3.8) is 0 Å². The second-order valence-electron chi connectivity index (χ2n) is 13.0. The fraction of sp³-hybridized carbons (Fsp3) is 0.450. The van der Waals surface area contributed by atoms with E-state index in [2.05, 4.69) is 22.0 Å². The number of benzene rings is 2. The topological polar surface area (TPSA) is 43.4 Å². The van der Waals surface area contributed by atoms with Gasteiger partial charge in [-0.2, -0.15) is 0 Å². The van der Waals surface area contributed by atoms with E-state index in [0.717, 1.165) is 19.5 Å². The molecule has 2 aromatic rings. The van der Waals surface area contributed by atoms with Crippen molar-refractivity contribution < 1.29 is 18.9 Å². The third kappa shape index (κ3) is 11.4. The molecule has 0 N–H and O–H groups in total. The summed E-state index contributed by atoms with van der Waals surface area (Å²) >= 11 is 24.5. The molecule has 10 heteroatoms. The molecule has 0 saturated carbocycles. The number of methoxy groups -OCH3 is 2. The summed E-state index contributed by atoms with van der Waals surface area (Å²) in [5.74, 6) is 2.84. The number of ether oxygens (including phenoxy) is 4. The monoisotopic (exact) mass is 760 g/mol. The summed E-state index contributed by atoms with van der Waals surface area (Å²) in [6, 6.07) is 7.38. The van der Waals surface area contributed by atoms with Crippen LogP contribution in [0.25, 0.3) is 0 Å². The molecule has 270 valence electrons. The van der Waals surface area contributed by atoms with Crippen LogP contribution in [0.1, 0.15) is 70.6 Å². The summed E-state index contributed by atoms with van der Waals surface area (Å²) < 4.78 is 22.7. The molecule has 1 atom stereocenters. The highest BCUT2D eigenvalue weighted by atomic mass is 35.5. The predicted molar refractivity (Wildman–Crippen MR) is 208 cm³/mol. The number of halogens is 4. The minimum atomic E-state index is 0.422. The van der Waals surface area contributed by atoms with Crippen LogP contribution in [-0.4, -0.2) is 56.3 Å². The Morgan fingerprint density at radius 1 is 0.740 bits per heavy atom. The van der Waals surface area contributed by atoms with Crippen LogP contribution in [0.4, 0.5) is 0 Å². The van der Waals surface area contributed by atoms with Gasteiger partial charge in [0.15, 0.2) is 23.0 Å². The summed E-state index contributed by atoms with van der Waals surface area (Å²) in [6.45, 7) is 3.86. The van der Waals surface area contributed by atoms with Gasteiger partial charge in [0.2, 0.25) is 0 Å². The van der Waals surface area contributed by atoms with Gasteiger partial charge in [0, 0.05) is 53.7 Å². The smallest absolute Gasteiger partial charge is 0.180 e. The molecule has 0 bridgehead atoms. The first-order valence-electron chi connectivity index (χ1n) is 17.6. The van der Waals surface area contributed by atoms with E-state index >= 15 is 0 Å². The maximum Gasteiger partial charge on any atom is 0.180 e. The minimum absolute atomic E-state index is 0.422. The predicted octanol–water partition coefficient (Wildman–Crippen LogP) is 11.8. The van der Waals surface area contributed by atoms with Crippen LogP contribution >= 0.6 is 46.4 Å². The van der Waals surface area contributed by atoms with Gasteiger partial charge in [-0.05, 0) is 101 Å². The Kier molecular flexibility index (Phi) is 15.2. The molecule has 2 aliphatic carbocycles. The van der Waals surface area contributed by atoms with Gasteiger partial charge < -0.3 is 23.8 Å². The van der Waals surface area contributed by atoms with E-state index in [0.29, 0.717) is 61.5 Å². The molecular weight excluding hydrogens is 714 g/mol. The summed E-state index contributed by atoms with van der Waals surface area (Å²) in [6.07, 6.45) is 28.4. The van der Waals surface area contributed by atoms with E-state index in [9.17, 15) is 0 Å². The second-order valence-corrected chi connectivity index (χ2v) is 14.7. The van der Waals surface area contributed by atoms with Gasteiger partial charge in [-0.15, -0.1) is 0 Å². The zero-order chi connectivity index (χ0) is 35.3. The zero-order valence-electron chi connectivity index (χ0n) is 29.1. The van der Waals surface area contributed by atoms with Crippen molar-refractivity contribution in [3.8, 4) is 23.0 Å². The molecular formula is C40H48Cl4N2O4. The molecule has 2 aliphatic heterocycles. The molecule has 6 nitrogen and oxygen atoms in total. The minimum Gasteiger partial charge on any atom is -0.491 e. The molecule has 0 radical (unpaired) electrons. The lowest BCUT2D eigenvalue weighted by Gasteiger charge is -2.27. The van der Waals surface area contributed by atoms with Crippen molar-refractivity contribution >= 4 is 46.4 Å². The number of allylic oxidation sites excluding steroid dienone is 5. The lowest BCUT2D eigenvalue weighted by atomic mass is 9.99. The summed E-state index contributed by atoms with van der Waals surface area (Å²) in [5, 5.41) is 1.97. The Bertz CT molecular complexity index is 1600. The fourth-order valence-corrected chi connectivity index (χ4v) is 7.93. The van der Waals surface area contributed by atoms with Gasteiger partial charge in [-0.3, -0.25) is 4.90 Å². The number of rotatable bonds is 12. The molecule has 0 spiro atoms. The van der Waals surface area contributed by atoms with Crippen LogP contribution in [0.15, 0.2) is 84.0 Å². The van der Waals surface area contributed by atoms with Gasteiger partial charge in [0.05, 0.1) is 30.9 Å². The molecule has 50 heavy (non-hydrogen) atoms. The Hall–Kier alpha value is -2.74. The van der Waals surface area contributed by atoms with Gasteiger partial charge in [-0.25, -0.2) is 0 Å².